The van der Waals surface area contributed by atoms with E-state index in [9.17, 15) is 14.6 Å². The van der Waals surface area contributed by atoms with Crippen LogP contribution in [-0.2, 0) is 0 Å². The molecular formula is C22H20FN4O2. The van der Waals surface area contributed by atoms with Crippen molar-refractivity contribution in [3.8, 4) is 11.3 Å². The molecule has 2 aromatic heterocycles. The van der Waals surface area contributed by atoms with Crippen molar-refractivity contribution in [1.29, 1.82) is 0 Å². The highest BCUT2D eigenvalue weighted by Crippen LogP contribution is 2.32. The van der Waals surface area contributed by atoms with Gasteiger partial charge in [0.2, 0.25) is 0 Å². The first kappa shape index (κ1) is 18.0. The van der Waals surface area contributed by atoms with E-state index < -0.39 is 12.2 Å². The third kappa shape index (κ3) is 2.94. The van der Waals surface area contributed by atoms with Gasteiger partial charge in [-0.05, 0) is 42.8 Å². The molecule has 29 heavy (non-hydrogen) atoms. The monoisotopic (exact) mass is 391 g/mol. The summed E-state index contributed by atoms with van der Waals surface area (Å²) in [5, 5.41) is 29.5. The van der Waals surface area contributed by atoms with Gasteiger partial charge in [-0.2, -0.15) is 9.61 Å². The molecule has 1 aliphatic rings. The number of hydrogen-bond acceptors (Lipinski definition) is 5. The van der Waals surface area contributed by atoms with Crippen LogP contribution in [0.25, 0.3) is 27.7 Å². The van der Waals surface area contributed by atoms with Crippen molar-refractivity contribution >= 4 is 22.2 Å². The van der Waals surface area contributed by atoms with E-state index in [1.54, 1.807) is 35.0 Å². The van der Waals surface area contributed by atoms with Crippen molar-refractivity contribution in [3.63, 3.8) is 0 Å². The Morgan fingerprint density at radius 1 is 1.07 bits per heavy atom. The number of fused-ring (bicyclic) bond motifs is 2. The molecule has 1 saturated carbocycles. The van der Waals surface area contributed by atoms with Gasteiger partial charge in [-0.1, -0.05) is 24.3 Å². The Hall–Kier alpha value is -3.03. The maximum Gasteiger partial charge on any atom is 0.157 e. The molecular weight excluding hydrogens is 371 g/mol. The molecule has 1 aliphatic carbocycles. The number of benzene rings is 2. The zero-order chi connectivity index (χ0) is 20.1. The Morgan fingerprint density at radius 3 is 2.62 bits per heavy atom. The van der Waals surface area contributed by atoms with Crippen LogP contribution >= 0.6 is 0 Å². The number of rotatable bonds is 3. The summed E-state index contributed by atoms with van der Waals surface area (Å²) in [7, 11) is 0. The summed E-state index contributed by atoms with van der Waals surface area (Å²) in [5.74, 6) is 0.140. The fourth-order valence-corrected chi connectivity index (χ4v) is 4.08. The van der Waals surface area contributed by atoms with E-state index in [2.05, 4.69) is 22.3 Å². The first-order valence-corrected chi connectivity index (χ1v) is 9.51. The van der Waals surface area contributed by atoms with E-state index in [4.69, 9.17) is 0 Å². The second kappa shape index (κ2) is 6.79. The number of aromatic nitrogens is 3. The lowest BCUT2D eigenvalue weighted by Gasteiger charge is -2.19. The smallest absolute Gasteiger partial charge is 0.157 e. The van der Waals surface area contributed by atoms with Gasteiger partial charge < -0.3 is 15.5 Å². The Bertz CT molecular complexity index is 1210. The van der Waals surface area contributed by atoms with Crippen LogP contribution < -0.4 is 5.32 Å². The van der Waals surface area contributed by atoms with Crippen molar-refractivity contribution in [2.75, 3.05) is 5.32 Å². The molecule has 0 bridgehead atoms. The first-order chi connectivity index (χ1) is 14.0. The number of nitrogens with zero attached hydrogens (tertiary/aromatic N) is 3. The summed E-state index contributed by atoms with van der Waals surface area (Å²) >= 11 is 0. The minimum atomic E-state index is -0.906. The van der Waals surface area contributed by atoms with Crippen molar-refractivity contribution in [2.45, 2.75) is 24.7 Å². The van der Waals surface area contributed by atoms with Gasteiger partial charge in [-0.15, -0.1) is 0 Å². The van der Waals surface area contributed by atoms with Crippen molar-refractivity contribution in [2.24, 2.45) is 5.92 Å². The van der Waals surface area contributed by atoms with Gasteiger partial charge in [-0.3, -0.25) is 0 Å². The van der Waals surface area contributed by atoms with Crippen LogP contribution in [0.5, 0.6) is 0 Å². The van der Waals surface area contributed by atoms with E-state index in [1.165, 1.54) is 6.07 Å². The molecule has 0 spiro atoms. The van der Waals surface area contributed by atoms with E-state index in [0.717, 1.165) is 10.9 Å². The predicted octanol–water partition coefficient (Wildman–Crippen LogP) is 3.04. The Morgan fingerprint density at radius 2 is 1.86 bits per heavy atom. The zero-order valence-corrected chi connectivity index (χ0v) is 15.5. The highest BCUT2D eigenvalue weighted by atomic mass is 19.1. The number of anilines is 1. The van der Waals surface area contributed by atoms with Gasteiger partial charge in [-0.25, -0.2) is 9.37 Å². The maximum absolute atomic E-state index is 14.2. The number of aliphatic hydroxyl groups excluding tert-OH is 2. The van der Waals surface area contributed by atoms with Crippen LogP contribution in [0.3, 0.4) is 0 Å². The SMILES string of the molecule is [CH2][C@@H]1C[C@@H](Nc2ccnc3cc(-c4ccc(F)c5ccccc45)nn23)[C@H](O)[C@@H]1O. The third-order valence-electron chi connectivity index (χ3n) is 5.64. The van der Waals surface area contributed by atoms with Crippen LogP contribution in [0.2, 0.25) is 0 Å². The molecule has 0 amide bonds. The molecule has 0 unspecified atom stereocenters. The summed E-state index contributed by atoms with van der Waals surface area (Å²) in [5.41, 5.74) is 2.11. The van der Waals surface area contributed by atoms with Gasteiger partial charge in [0.1, 0.15) is 17.7 Å². The zero-order valence-electron chi connectivity index (χ0n) is 15.5. The lowest BCUT2D eigenvalue weighted by molar-refractivity contribution is 0.0256. The minimum absolute atomic E-state index is 0.237. The molecule has 4 aromatic rings. The maximum atomic E-state index is 14.2. The van der Waals surface area contributed by atoms with E-state index >= 15 is 0 Å². The molecule has 2 heterocycles. The predicted molar refractivity (Wildman–Crippen MR) is 109 cm³/mol. The van der Waals surface area contributed by atoms with Crippen molar-refractivity contribution in [3.05, 3.63) is 67.5 Å². The van der Waals surface area contributed by atoms with E-state index in [1.807, 2.05) is 18.2 Å². The summed E-state index contributed by atoms with van der Waals surface area (Å²) in [4.78, 5) is 4.37. The number of halogens is 1. The average Bonchev–Trinajstić information content (AvgIpc) is 3.26. The lowest BCUT2D eigenvalue weighted by atomic mass is 10.0. The highest BCUT2D eigenvalue weighted by Gasteiger charge is 2.39. The number of nitrogens with one attached hydrogen (secondary N) is 1. The van der Waals surface area contributed by atoms with E-state index in [-0.39, 0.29) is 17.8 Å². The van der Waals surface area contributed by atoms with Crippen LogP contribution in [0.1, 0.15) is 6.42 Å². The van der Waals surface area contributed by atoms with Gasteiger partial charge >= 0.3 is 0 Å². The summed E-state index contributed by atoms with van der Waals surface area (Å²) in [6.07, 6.45) is 0.439. The summed E-state index contributed by atoms with van der Waals surface area (Å²) < 4.78 is 15.8. The average molecular weight is 391 g/mol. The third-order valence-corrected chi connectivity index (χ3v) is 5.64. The fourth-order valence-electron chi connectivity index (χ4n) is 4.08. The van der Waals surface area contributed by atoms with Crippen molar-refractivity contribution < 1.29 is 14.6 Å². The Labute approximate surface area is 166 Å². The quantitative estimate of drug-likeness (QED) is 0.500. The van der Waals surface area contributed by atoms with Crippen LogP contribution in [0, 0.1) is 18.7 Å². The molecule has 3 N–H and O–H groups in total. The molecule has 2 aromatic carbocycles. The van der Waals surface area contributed by atoms with E-state index in [0.29, 0.717) is 29.0 Å². The lowest BCUT2D eigenvalue weighted by Crippen LogP contribution is -2.35. The van der Waals surface area contributed by atoms with Gasteiger partial charge in [0.05, 0.1) is 17.8 Å². The Balaban J connectivity index is 1.57. The summed E-state index contributed by atoms with van der Waals surface area (Å²) in [6, 6.07) is 13.7. The van der Waals surface area contributed by atoms with Gasteiger partial charge in [0, 0.05) is 23.2 Å². The topological polar surface area (TPSA) is 82.7 Å². The summed E-state index contributed by atoms with van der Waals surface area (Å²) in [6.45, 7) is 3.89. The first-order valence-electron chi connectivity index (χ1n) is 9.51. The number of hydrogen-bond donors (Lipinski definition) is 3. The second-order valence-corrected chi connectivity index (χ2v) is 7.50. The fraction of sp³-hybridized carbons (Fsp3) is 0.227. The Kier molecular flexibility index (Phi) is 4.22. The molecule has 7 heteroatoms. The molecule has 1 radical (unpaired) electrons. The standard InChI is InChI=1S/C22H20FN4O2/c1-12-10-18(22(29)21(12)28)25-19-8-9-24-20-11-17(26-27(19)20)15-6-7-16(23)14-5-3-2-4-13(14)15/h2-9,11-12,18,21-22,25,28-29H,1,10H2/t12-,18-,21-,22+/m1/s1. The molecule has 0 aliphatic heterocycles. The van der Waals surface area contributed by atoms with Crippen molar-refractivity contribution in [1.82, 2.24) is 14.6 Å². The molecule has 147 valence electrons. The minimum Gasteiger partial charge on any atom is -0.390 e. The molecule has 0 saturated heterocycles. The molecule has 1 fully saturated rings. The molecule has 6 nitrogen and oxygen atoms in total. The van der Waals surface area contributed by atoms with Crippen LogP contribution in [0.4, 0.5) is 10.2 Å². The molecule has 4 atom stereocenters. The number of aliphatic hydroxyl groups is 2. The second-order valence-electron chi connectivity index (χ2n) is 7.50. The van der Waals surface area contributed by atoms with Crippen LogP contribution in [-0.4, -0.2) is 43.1 Å². The normalized spacial score (nSPS) is 24.4. The van der Waals surface area contributed by atoms with Crippen LogP contribution in [0.15, 0.2) is 54.7 Å². The van der Waals surface area contributed by atoms with Gasteiger partial charge in [0.25, 0.3) is 0 Å². The molecule has 5 rings (SSSR count). The van der Waals surface area contributed by atoms with Gasteiger partial charge in [0.15, 0.2) is 5.65 Å². The largest absolute Gasteiger partial charge is 0.390 e. The highest BCUT2D eigenvalue weighted by molar-refractivity contribution is 5.96.